The van der Waals surface area contributed by atoms with E-state index >= 15 is 0 Å². The van der Waals surface area contributed by atoms with Crippen LogP contribution in [0.5, 0.6) is 0 Å². The van der Waals surface area contributed by atoms with Crippen molar-refractivity contribution in [1.82, 2.24) is 19.4 Å². The number of epoxide rings is 1. The number of likely N-dealkylation sites (tertiary alicyclic amines) is 1. The van der Waals surface area contributed by atoms with Gasteiger partial charge in [0, 0.05) is 48.7 Å². The number of nitrogen functional groups attached to an aromatic ring is 1. The highest BCUT2D eigenvalue weighted by molar-refractivity contribution is 6.05. The molecule has 4 heterocycles. The Hall–Kier alpha value is -3.75. The number of anilines is 2. The number of benzene rings is 2. The molecular formula is C30H34N6O2. The van der Waals surface area contributed by atoms with Crippen LogP contribution in [0.25, 0.3) is 22.2 Å². The second-order valence-electron chi connectivity index (χ2n) is 11.4. The molecule has 2 aliphatic rings. The van der Waals surface area contributed by atoms with Crippen molar-refractivity contribution in [1.29, 1.82) is 0 Å². The van der Waals surface area contributed by atoms with Crippen LogP contribution in [-0.2, 0) is 10.2 Å². The first-order valence-electron chi connectivity index (χ1n) is 13.2. The molecule has 0 bridgehead atoms. The van der Waals surface area contributed by atoms with Crippen molar-refractivity contribution < 1.29 is 9.53 Å². The van der Waals surface area contributed by atoms with Gasteiger partial charge in [0.05, 0.1) is 18.1 Å². The number of nitrogens with two attached hydrogens (primary N) is 1. The van der Waals surface area contributed by atoms with Crippen molar-refractivity contribution in [3.8, 4) is 11.1 Å². The third-order valence-electron chi connectivity index (χ3n) is 7.59. The Balaban J connectivity index is 1.27. The third kappa shape index (κ3) is 4.89. The average molecular weight is 511 g/mol. The number of ether oxygens (including phenoxy) is 1. The van der Waals surface area contributed by atoms with Crippen LogP contribution in [0.1, 0.15) is 49.2 Å². The molecule has 2 aliphatic heterocycles. The molecule has 0 aliphatic carbocycles. The molecule has 2 saturated heterocycles. The fourth-order valence-electron chi connectivity index (χ4n) is 5.36. The van der Waals surface area contributed by atoms with Crippen LogP contribution in [0.15, 0.2) is 61.1 Å². The molecule has 38 heavy (non-hydrogen) atoms. The molecule has 0 unspecified atom stereocenters. The zero-order chi connectivity index (χ0) is 26.4. The van der Waals surface area contributed by atoms with Crippen molar-refractivity contribution in [2.75, 3.05) is 37.3 Å². The monoisotopic (exact) mass is 510 g/mol. The van der Waals surface area contributed by atoms with Gasteiger partial charge >= 0.3 is 0 Å². The normalized spacial score (nSPS) is 19.7. The van der Waals surface area contributed by atoms with Crippen molar-refractivity contribution >= 4 is 28.4 Å². The van der Waals surface area contributed by atoms with Crippen LogP contribution in [-0.4, -0.2) is 57.7 Å². The van der Waals surface area contributed by atoms with E-state index < -0.39 is 0 Å². The number of fused-ring (bicyclic) bond motifs is 1. The highest BCUT2D eigenvalue weighted by atomic mass is 16.6. The Morgan fingerprint density at radius 1 is 1.16 bits per heavy atom. The molecule has 6 rings (SSSR count). The summed E-state index contributed by atoms with van der Waals surface area (Å²) >= 11 is 0. The summed E-state index contributed by atoms with van der Waals surface area (Å²) in [6.45, 7) is 10.3. The van der Waals surface area contributed by atoms with Gasteiger partial charge < -0.3 is 20.4 Å². The van der Waals surface area contributed by atoms with E-state index in [2.05, 4.69) is 51.7 Å². The summed E-state index contributed by atoms with van der Waals surface area (Å²) in [5.74, 6) is 0.317. The van der Waals surface area contributed by atoms with Crippen molar-refractivity contribution in [3.05, 3.63) is 72.2 Å². The number of carbonyl (C=O) groups is 1. The molecule has 0 saturated carbocycles. The van der Waals surface area contributed by atoms with Crippen molar-refractivity contribution in [2.45, 2.75) is 44.8 Å². The van der Waals surface area contributed by atoms with E-state index in [9.17, 15) is 4.79 Å². The summed E-state index contributed by atoms with van der Waals surface area (Å²) < 4.78 is 7.68. The first kappa shape index (κ1) is 24.6. The van der Waals surface area contributed by atoms with Gasteiger partial charge in [0.25, 0.3) is 5.91 Å². The molecule has 3 N–H and O–H groups in total. The third-order valence-corrected chi connectivity index (χ3v) is 7.59. The SMILES string of the molecule is CC(C)(C)c1ccc(C(=O)Nc2cccc(-c3cn([C@H]4CCN(C[C@@H]5CO5)C4)c4ncnc(N)c34)c2)cc1. The van der Waals surface area contributed by atoms with Crippen molar-refractivity contribution in [3.63, 3.8) is 0 Å². The van der Waals surface area contributed by atoms with Crippen LogP contribution < -0.4 is 11.1 Å². The maximum atomic E-state index is 13.0. The number of hydrogen-bond donors (Lipinski definition) is 2. The van der Waals surface area contributed by atoms with Crippen LogP contribution in [0.2, 0.25) is 0 Å². The average Bonchev–Trinajstić information content (AvgIpc) is 3.43. The van der Waals surface area contributed by atoms with Gasteiger partial charge in [-0.3, -0.25) is 9.69 Å². The molecule has 8 heteroatoms. The fourth-order valence-corrected chi connectivity index (χ4v) is 5.36. The molecule has 2 aromatic carbocycles. The van der Waals surface area contributed by atoms with Crippen LogP contribution >= 0.6 is 0 Å². The molecule has 2 atom stereocenters. The van der Waals surface area contributed by atoms with Gasteiger partial charge in [0.2, 0.25) is 0 Å². The zero-order valence-corrected chi connectivity index (χ0v) is 22.1. The van der Waals surface area contributed by atoms with Gasteiger partial charge in [-0.25, -0.2) is 9.97 Å². The van der Waals surface area contributed by atoms with Gasteiger partial charge in [0.1, 0.15) is 17.8 Å². The Bertz CT molecular complexity index is 1480. The first-order chi connectivity index (χ1) is 18.3. The predicted octanol–water partition coefficient (Wildman–Crippen LogP) is 4.88. The highest BCUT2D eigenvalue weighted by Crippen LogP contribution is 2.37. The fraction of sp³-hybridized carbons (Fsp3) is 0.367. The van der Waals surface area contributed by atoms with E-state index in [1.54, 1.807) is 0 Å². The highest BCUT2D eigenvalue weighted by Gasteiger charge is 2.32. The number of carbonyl (C=O) groups excluding carboxylic acids is 1. The second kappa shape index (κ2) is 9.53. The molecule has 196 valence electrons. The maximum Gasteiger partial charge on any atom is 0.255 e. The van der Waals surface area contributed by atoms with Gasteiger partial charge in [-0.05, 0) is 47.2 Å². The maximum absolute atomic E-state index is 13.0. The number of nitrogens with zero attached hydrogens (tertiary/aromatic N) is 4. The minimum atomic E-state index is -0.140. The van der Waals surface area contributed by atoms with E-state index in [-0.39, 0.29) is 11.3 Å². The number of rotatable bonds is 6. The van der Waals surface area contributed by atoms with Crippen LogP contribution in [0, 0.1) is 0 Å². The lowest BCUT2D eigenvalue weighted by Crippen LogP contribution is -2.25. The van der Waals surface area contributed by atoms with E-state index in [4.69, 9.17) is 10.5 Å². The minimum absolute atomic E-state index is 0.0382. The van der Waals surface area contributed by atoms with Gasteiger partial charge in [-0.15, -0.1) is 0 Å². The molecule has 2 fully saturated rings. The summed E-state index contributed by atoms with van der Waals surface area (Å²) in [5.41, 5.74) is 11.7. The van der Waals surface area contributed by atoms with Crippen LogP contribution in [0.3, 0.4) is 0 Å². The molecule has 4 aromatic rings. The van der Waals surface area contributed by atoms with E-state index in [1.165, 1.54) is 11.9 Å². The molecule has 8 nitrogen and oxygen atoms in total. The molecule has 1 amide bonds. The summed E-state index contributed by atoms with van der Waals surface area (Å²) in [7, 11) is 0. The molecular weight excluding hydrogens is 476 g/mol. The molecule has 2 aromatic heterocycles. The van der Waals surface area contributed by atoms with Gasteiger partial charge in [-0.1, -0.05) is 45.0 Å². The summed E-state index contributed by atoms with van der Waals surface area (Å²) in [4.78, 5) is 24.4. The quantitative estimate of drug-likeness (QED) is 0.359. The lowest BCUT2D eigenvalue weighted by atomic mass is 9.87. The minimum Gasteiger partial charge on any atom is -0.383 e. The largest absolute Gasteiger partial charge is 0.383 e. The summed E-state index contributed by atoms with van der Waals surface area (Å²) in [6.07, 6.45) is 5.11. The van der Waals surface area contributed by atoms with E-state index in [0.717, 1.165) is 60.5 Å². The number of hydrogen-bond acceptors (Lipinski definition) is 6. The van der Waals surface area contributed by atoms with Crippen molar-refractivity contribution in [2.24, 2.45) is 0 Å². The Morgan fingerprint density at radius 3 is 2.68 bits per heavy atom. The predicted molar refractivity (Wildman–Crippen MR) is 150 cm³/mol. The number of amides is 1. The number of nitrogens with one attached hydrogen (secondary N) is 1. The Morgan fingerprint density at radius 2 is 1.95 bits per heavy atom. The second-order valence-corrected chi connectivity index (χ2v) is 11.4. The Labute approximate surface area is 222 Å². The van der Waals surface area contributed by atoms with Gasteiger partial charge in [-0.2, -0.15) is 0 Å². The lowest BCUT2D eigenvalue weighted by Gasteiger charge is -2.19. The first-order valence-corrected chi connectivity index (χ1v) is 13.2. The number of aromatic nitrogens is 3. The van der Waals surface area contributed by atoms with Crippen LogP contribution in [0.4, 0.5) is 11.5 Å². The standard InChI is InChI=1S/C30H34N6O2/c1-30(2,3)21-9-7-19(8-10-21)29(37)34-22-6-4-5-20(13-22)25-16-36(28-26(25)27(31)32-18-33-28)23-11-12-35(14-23)15-24-17-38-24/h4-10,13,16,18,23-24H,11-12,14-15,17H2,1-3H3,(H,34,37)(H2,31,32,33)/t23-,24+/m0/s1. The molecule has 0 spiro atoms. The molecule has 0 radical (unpaired) electrons. The summed E-state index contributed by atoms with van der Waals surface area (Å²) in [6, 6.07) is 16.0. The van der Waals surface area contributed by atoms with Gasteiger partial charge in [0.15, 0.2) is 0 Å². The smallest absolute Gasteiger partial charge is 0.255 e. The lowest BCUT2D eigenvalue weighted by molar-refractivity contribution is 0.102. The summed E-state index contributed by atoms with van der Waals surface area (Å²) in [5, 5.41) is 3.90. The topological polar surface area (TPSA) is 102 Å². The Kier molecular flexibility index (Phi) is 6.16. The van der Waals surface area contributed by atoms with E-state index in [1.807, 2.05) is 48.5 Å². The van der Waals surface area contributed by atoms with E-state index in [0.29, 0.717) is 23.5 Å². The zero-order valence-electron chi connectivity index (χ0n) is 22.1.